The van der Waals surface area contributed by atoms with E-state index in [1.807, 2.05) is 13.8 Å². The molecule has 3 amide bonds. The van der Waals surface area contributed by atoms with Crippen molar-refractivity contribution < 1.29 is 19.5 Å². The van der Waals surface area contributed by atoms with Crippen LogP contribution in [0, 0.1) is 5.92 Å². The minimum absolute atomic E-state index is 0.0534. The Morgan fingerprint density at radius 1 is 1.08 bits per heavy atom. The maximum Gasteiger partial charge on any atom is 0.245 e. The lowest BCUT2D eigenvalue weighted by atomic mass is 9.91. The van der Waals surface area contributed by atoms with Gasteiger partial charge in [-0.2, -0.15) is 0 Å². The van der Waals surface area contributed by atoms with Gasteiger partial charge < -0.3 is 20.2 Å². The van der Waals surface area contributed by atoms with Gasteiger partial charge in [0, 0.05) is 26.1 Å². The summed E-state index contributed by atoms with van der Waals surface area (Å²) in [6.45, 7) is 4.73. The van der Waals surface area contributed by atoms with Crippen LogP contribution >= 0.6 is 0 Å². The molecule has 3 atom stereocenters. The van der Waals surface area contributed by atoms with Gasteiger partial charge in [-0.3, -0.25) is 14.4 Å². The first-order valence-electron chi connectivity index (χ1n) is 9.76. The number of carbonyl (C=O) groups excluding carboxylic acids is 3. The van der Waals surface area contributed by atoms with Crippen molar-refractivity contribution in [2.45, 2.75) is 70.4 Å². The van der Waals surface area contributed by atoms with E-state index in [0.717, 1.165) is 12.8 Å². The topological polar surface area (TPSA) is 89.9 Å². The number of rotatable bonds is 0. The van der Waals surface area contributed by atoms with Gasteiger partial charge >= 0.3 is 0 Å². The Bertz CT molecular complexity index is 535. The summed E-state index contributed by atoms with van der Waals surface area (Å²) in [4.78, 5) is 40.7. The van der Waals surface area contributed by atoms with E-state index in [4.69, 9.17) is 0 Å². The molecule has 0 aromatic heterocycles. The van der Waals surface area contributed by atoms with Crippen LogP contribution in [0.2, 0.25) is 0 Å². The van der Waals surface area contributed by atoms with Gasteiger partial charge in [0.1, 0.15) is 6.04 Å². The van der Waals surface area contributed by atoms with Gasteiger partial charge in [-0.05, 0) is 51.9 Å². The Labute approximate surface area is 156 Å². The van der Waals surface area contributed by atoms with Gasteiger partial charge in [0.2, 0.25) is 17.7 Å². The minimum atomic E-state index is -0.785. The Hall–Kier alpha value is -1.63. The fraction of sp³-hybridized carbons (Fsp3) is 0.842. The summed E-state index contributed by atoms with van der Waals surface area (Å²) in [5, 5.41) is 13.2. The fourth-order valence-corrected chi connectivity index (χ4v) is 3.87. The first kappa shape index (κ1) is 20.7. The molecular formula is C19H33N3O4. The molecular weight excluding hydrogens is 334 g/mol. The molecule has 2 aliphatic heterocycles. The van der Waals surface area contributed by atoms with Gasteiger partial charge in [-0.1, -0.05) is 6.92 Å². The van der Waals surface area contributed by atoms with Crippen molar-refractivity contribution >= 4 is 17.7 Å². The van der Waals surface area contributed by atoms with Gasteiger partial charge in [0.15, 0.2) is 0 Å². The van der Waals surface area contributed by atoms with Gasteiger partial charge in [-0.15, -0.1) is 0 Å². The minimum Gasteiger partial charge on any atom is -0.390 e. The molecule has 148 valence electrons. The SMILES string of the molecule is C[C@@H]1CCC[C@](C)(O)CCCN(C)C(=O)[C@@H]2CCCN2C(=O)CNC1=O. The van der Waals surface area contributed by atoms with Crippen LogP contribution in [-0.2, 0) is 14.4 Å². The van der Waals surface area contributed by atoms with E-state index < -0.39 is 11.6 Å². The molecule has 7 nitrogen and oxygen atoms in total. The Morgan fingerprint density at radius 2 is 1.77 bits per heavy atom. The standard InChI is InChI=1S/C19H33N3O4/c1-14-7-4-9-19(2,26)10-6-11-21(3)18(25)15-8-5-12-22(15)16(23)13-20-17(14)24/h14-15,26H,4-13H2,1-3H3,(H,20,24)/t14-,15+,19+/m1/s1. The summed E-state index contributed by atoms with van der Waals surface area (Å²) >= 11 is 0. The molecule has 26 heavy (non-hydrogen) atoms. The van der Waals surface area contributed by atoms with Crippen LogP contribution in [0.5, 0.6) is 0 Å². The zero-order valence-electron chi connectivity index (χ0n) is 16.3. The van der Waals surface area contributed by atoms with Crippen LogP contribution in [0.1, 0.15) is 58.8 Å². The second-order valence-electron chi connectivity index (χ2n) is 8.12. The molecule has 0 bridgehead atoms. The zero-order valence-corrected chi connectivity index (χ0v) is 16.3. The molecule has 2 N–H and O–H groups in total. The average Bonchev–Trinajstić information content (AvgIpc) is 3.07. The van der Waals surface area contributed by atoms with E-state index in [1.165, 1.54) is 0 Å². The van der Waals surface area contributed by atoms with E-state index in [-0.39, 0.29) is 30.2 Å². The van der Waals surface area contributed by atoms with Crippen molar-refractivity contribution in [3.8, 4) is 0 Å². The van der Waals surface area contributed by atoms with Crippen molar-refractivity contribution in [1.82, 2.24) is 15.1 Å². The smallest absolute Gasteiger partial charge is 0.245 e. The molecule has 2 fully saturated rings. The van der Waals surface area contributed by atoms with E-state index >= 15 is 0 Å². The summed E-state index contributed by atoms with van der Waals surface area (Å²) in [6.07, 6.45) is 4.84. The second kappa shape index (κ2) is 8.84. The predicted molar refractivity (Wildman–Crippen MR) is 98.3 cm³/mol. The van der Waals surface area contributed by atoms with Crippen molar-refractivity contribution in [1.29, 1.82) is 0 Å². The molecule has 0 aromatic rings. The maximum absolute atomic E-state index is 12.7. The number of nitrogens with one attached hydrogen (secondary N) is 1. The van der Waals surface area contributed by atoms with Gasteiger partial charge in [-0.25, -0.2) is 0 Å². The van der Waals surface area contributed by atoms with Crippen molar-refractivity contribution in [3.63, 3.8) is 0 Å². The number of likely N-dealkylation sites (N-methyl/N-ethyl adjacent to an activating group) is 1. The molecule has 0 saturated carbocycles. The summed E-state index contributed by atoms with van der Waals surface area (Å²) in [5.74, 6) is -0.593. The van der Waals surface area contributed by atoms with Crippen molar-refractivity contribution in [2.24, 2.45) is 5.92 Å². The summed E-state index contributed by atoms with van der Waals surface area (Å²) in [7, 11) is 1.75. The molecule has 2 rings (SSSR count). The highest BCUT2D eigenvalue weighted by Gasteiger charge is 2.35. The third kappa shape index (κ3) is 5.43. The fourth-order valence-electron chi connectivity index (χ4n) is 3.87. The van der Waals surface area contributed by atoms with Crippen LogP contribution in [0.3, 0.4) is 0 Å². The van der Waals surface area contributed by atoms with Crippen LogP contribution in [0.15, 0.2) is 0 Å². The number of fused-ring (bicyclic) bond motifs is 1. The highest BCUT2D eigenvalue weighted by Crippen LogP contribution is 2.23. The lowest BCUT2D eigenvalue weighted by molar-refractivity contribution is -0.143. The van der Waals surface area contributed by atoms with Gasteiger partial charge in [0.25, 0.3) is 0 Å². The molecule has 0 radical (unpaired) electrons. The molecule has 2 aliphatic rings. The van der Waals surface area contributed by atoms with E-state index in [9.17, 15) is 19.5 Å². The molecule has 0 unspecified atom stereocenters. The number of amides is 3. The van der Waals surface area contributed by atoms with Crippen LogP contribution < -0.4 is 5.32 Å². The van der Waals surface area contributed by atoms with E-state index in [1.54, 1.807) is 16.8 Å². The van der Waals surface area contributed by atoms with Crippen molar-refractivity contribution in [2.75, 3.05) is 26.7 Å². The quantitative estimate of drug-likeness (QED) is 0.666. The highest BCUT2D eigenvalue weighted by atomic mass is 16.3. The molecule has 2 saturated heterocycles. The summed E-state index contributed by atoms with van der Waals surface area (Å²) < 4.78 is 0. The lowest BCUT2D eigenvalue weighted by Gasteiger charge is -2.30. The lowest BCUT2D eigenvalue weighted by Crippen LogP contribution is -2.50. The highest BCUT2D eigenvalue weighted by molar-refractivity contribution is 5.90. The summed E-state index contributed by atoms with van der Waals surface area (Å²) in [6, 6.07) is -0.435. The molecule has 0 aromatic carbocycles. The first-order chi connectivity index (χ1) is 12.2. The largest absolute Gasteiger partial charge is 0.390 e. The molecule has 7 heteroatoms. The Kier molecular flexibility index (Phi) is 7.03. The average molecular weight is 367 g/mol. The Morgan fingerprint density at radius 3 is 2.50 bits per heavy atom. The van der Waals surface area contributed by atoms with Crippen LogP contribution in [0.4, 0.5) is 0 Å². The first-order valence-corrected chi connectivity index (χ1v) is 9.76. The second-order valence-corrected chi connectivity index (χ2v) is 8.12. The van der Waals surface area contributed by atoms with Crippen LogP contribution in [0.25, 0.3) is 0 Å². The van der Waals surface area contributed by atoms with Gasteiger partial charge in [0.05, 0.1) is 12.1 Å². The zero-order chi connectivity index (χ0) is 19.3. The summed E-state index contributed by atoms with van der Waals surface area (Å²) in [5.41, 5.74) is -0.785. The van der Waals surface area contributed by atoms with E-state index in [0.29, 0.717) is 45.2 Å². The van der Waals surface area contributed by atoms with Crippen molar-refractivity contribution in [3.05, 3.63) is 0 Å². The van der Waals surface area contributed by atoms with Crippen LogP contribution in [-0.4, -0.2) is 71.0 Å². The molecule has 0 spiro atoms. The number of hydrogen-bond donors (Lipinski definition) is 2. The monoisotopic (exact) mass is 367 g/mol. The third-order valence-electron chi connectivity index (χ3n) is 5.66. The normalized spacial score (nSPS) is 33.2. The number of aliphatic hydroxyl groups is 1. The number of hydrogen-bond acceptors (Lipinski definition) is 4. The Balaban J connectivity index is 2.10. The van der Waals surface area contributed by atoms with E-state index in [2.05, 4.69) is 5.32 Å². The predicted octanol–water partition coefficient (Wildman–Crippen LogP) is 0.903. The maximum atomic E-state index is 12.7. The third-order valence-corrected chi connectivity index (χ3v) is 5.66. The molecule has 2 heterocycles. The number of carbonyl (C=O) groups is 3. The number of nitrogens with zero attached hydrogens (tertiary/aromatic N) is 2. The molecule has 0 aliphatic carbocycles.